The van der Waals surface area contributed by atoms with Crippen molar-refractivity contribution in [3.05, 3.63) is 27.5 Å². The molecule has 1 fully saturated rings. The Morgan fingerprint density at radius 2 is 2.15 bits per heavy atom. The molecule has 5 heteroatoms. The van der Waals surface area contributed by atoms with E-state index in [1.165, 1.54) is 0 Å². The van der Waals surface area contributed by atoms with Gasteiger partial charge in [0.05, 0.1) is 18.2 Å². The Kier molecular flexibility index (Phi) is 2.83. The molecule has 3 nitrogen and oxygen atoms in total. The van der Waals surface area contributed by atoms with Crippen LogP contribution in [-0.4, -0.2) is 18.2 Å². The zero-order valence-corrected chi connectivity index (χ0v) is 9.01. The van der Waals surface area contributed by atoms with Crippen molar-refractivity contribution in [1.29, 1.82) is 0 Å². The maximum atomic E-state index is 5.98. The molecule has 1 aromatic heterocycles. The summed E-state index contributed by atoms with van der Waals surface area (Å²) in [7, 11) is 0. The van der Waals surface area contributed by atoms with Crippen LogP contribution in [0, 0.1) is 0 Å². The summed E-state index contributed by atoms with van der Waals surface area (Å²) in [5, 5.41) is 0.605. The van der Waals surface area contributed by atoms with E-state index in [4.69, 9.17) is 21.1 Å². The molecule has 0 atom stereocenters. The van der Waals surface area contributed by atoms with Crippen molar-refractivity contribution >= 4 is 27.5 Å². The van der Waals surface area contributed by atoms with Gasteiger partial charge in [-0.05, 0) is 22.0 Å². The van der Waals surface area contributed by atoms with Crippen LogP contribution in [0.3, 0.4) is 0 Å². The standard InChI is InChI=1S/C8H7BrClNO2/c9-7-3-6(10)5(4-11-7)8-12-1-2-13-8/h3-4,8H,1-2H2. The van der Waals surface area contributed by atoms with Crippen molar-refractivity contribution in [1.82, 2.24) is 4.98 Å². The Bertz CT molecular complexity index is 315. The molecule has 70 valence electrons. The van der Waals surface area contributed by atoms with Gasteiger partial charge in [-0.25, -0.2) is 4.98 Å². The first kappa shape index (κ1) is 9.40. The molecule has 0 bridgehead atoms. The molecule has 1 saturated heterocycles. The van der Waals surface area contributed by atoms with Gasteiger partial charge in [0.15, 0.2) is 6.29 Å². The fourth-order valence-corrected chi connectivity index (χ4v) is 1.83. The molecule has 2 rings (SSSR count). The molecule has 0 aliphatic carbocycles. The second-order valence-electron chi connectivity index (χ2n) is 2.60. The Morgan fingerprint density at radius 3 is 2.77 bits per heavy atom. The molecule has 13 heavy (non-hydrogen) atoms. The minimum Gasteiger partial charge on any atom is -0.346 e. The highest BCUT2D eigenvalue weighted by molar-refractivity contribution is 9.10. The molecule has 0 spiro atoms. The van der Waals surface area contributed by atoms with Crippen molar-refractivity contribution in [2.75, 3.05) is 13.2 Å². The third-order valence-electron chi connectivity index (χ3n) is 1.72. The van der Waals surface area contributed by atoms with Gasteiger partial charge in [-0.1, -0.05) is 11.6 Å². The minimum atomic E-state index is -0.354. The lowest BCUT2D eigenvalue weighted by Crippen LogP contribution is -1.99. The molecule has 0 unspecified atom stereocenters. The van der Waals surface area contributed by atoms with Crippen LogP contribution in [0.4, 0.5) is 0 Å². The SMILES string of the molecule is Clc1cc(Br)ncc1C1OCCO1. The normalized spacial score (nSPS) is 18.0. The summed E-state index contributed by atoms with van der Waals surface area (Å²) in [6, 6.07) is 1.72. The van der Waals surface area contributed by atoms with Crippen LogP contribution in [0.1, 0.15) is 11.9 Å². The molecule has 2 heterocycles. The summed E-state index contributed by atoms with van der Waals surface area (Å²) >= 11 is 9.21. The van der Waals surface area contributed by atoms with E-state index >= 15 is 0 Å². The fraction of sp³-hybridized carbons (Fsp3) is 0.375. The van der Waals surface area contributed by atoms with Gasteiger partial charge in [-0.2, -0.15) is 0 Å². The first-order chi connectivity index (χ1) is 6.27. The summed E-state index contributed by atoms with van der Waals surface area (Å²) in [6.07, 6.45) is 1.30. The number of halogens is 2. The van der Waals surface area contributed by atoms with Gasteiger partial charge >= 0.3 is 0 Å². The molecular formula is C8H7BrClNO2. The van der Waals surface area contributed by atoms with Gasteiger partial charge in [0.2, 0.25) is 0 Å². The molecule has 1 aliphatic heterocycles. The van der Waals surface area contributed by atoms with Gasteiger partial charge in [0.1, 0.15) is 4.60 Å². The quantitative estimate of drug-likeness (QED) is 0.731. The van der Waals surface area contributed by atoms with E-state index in [1.54, 1.807) is 12.3 Å². The molecule has 0 saturated carbocycles. The first-order valence-corrected chi connectivity index (χ1v) is 4.98. The van der Waals surface area contributed by atoms with Crippen LogP contribution in [0.25, 0.3) is 0 Å². The minimum absolute atomic E-state index is 0.354. The molecule has 1 aliphatic rings. The number of nitrogens with zero attached hydrogens (tertiary/aromatic N) is 1. The second-order valence-corrected chi connectivity index (χ2v) is 3.82. The number of aromatic nitrogens is 1. The zero-order chi connectivity index (χ0) is 9.26. The maximum Gasteiger partial charge on any atom is 0.186 e. The van der Waals surface area contributed by atoms with Crippen LogP contribution in [0.5, 0.6) is 0 Å². The van der Waals surface area contributed by atoms with E-state index in [0.717, 1.165) is 5.56 Å². The van der Waals surface area contributed by atoms with Crippen molar-refractivity contribution in [3.8, 4) is 0 Å². The number of hydrogen-bond acceptors (Lipinski definition) is 3. The second kappa shape index (κ2) is 3.92. The number of ether oxygens (including phenoxy) is 2. The average Bonchev–Trinajstić information content (AvgIpc) is 2.56. The van der Waals surface area contributed by atoms with E-state index in [2.05, 4.69) is 20.9 Å². The van der Waals surface area contributed by atoms with Crippen LogP contribution >= 0.6 is 27.5 Å². The molecular weight excluding hydrogens is 257 g/mol. The summed E-state index contributed by atoms with van der Waals surface area (Å²) < 4.78 is 11.3. The van der Waals surface area contributed by atoms with Crippen molar-refractivity contribution in [2.24, 2.45) is 0 Å². The maximum absolute atomic E-state index is 5.98. The number of hydrogen-bond donors (Lipinski definition) is 0. The summed E-state index contributed by atoms with van der Waals surface area (Å²) in [5.41, 5.74) is 0.780. The smallest absolute Gasteiger partial charge is 0.186 e. The highest BCUT2D eigenvalue weighted by Gasteiger charge is 2.21. The third kappa shape index (κ3) is 2.02. The lowest BCUT2D eigenvalue weighted by atomic mass is 10.3. The van der Waals surface area contributed by atoms with E-state index in [0.29, 0.717) is 22.8 Å². The summed E-state index contributed by atoms with van der Waals surface area (Å²) in [4.78, 5) is 4.06. The van der Waals surface area contributed by atoms with Crippen LogP contribution in [0.2, 0.25) is 5.02 Å². The van der Waals surface area contributed by atoms with Crippen LogP contribution in [0.15, 0.2) is 16.9 Å². The molecule has 0 N–H and O–H groups in total. The zero-order valence-electron chi connectivity index (χ0n) is 6.67. The predicted molar refractivity (Wildman–Crippen MR) is 51.6 cm³/mol. The fourth-order valence-electron chi connectivity index (χ4n) is 1.13. The van der Waals surface area contributed by atoms with Gasteiger partial charge < -0.3 is 9.47 Å². The number of pyridine rings is 1. The summed E-state index contributed by atoms with van der Waals surface area (Å²) in [6.45, 7) is 1.22. The highest BCUT2D eigenvalue weighted by atomic mass is 79.9. The molecule has 1 aromatic rings. The average molecular weight is 265 g/mol. The van der Waals surface area contributed by atoms with Gasteiger partial charge in [-0.15, -0.1) is 0 Å². The van der Waals surface area contributed by atoms with E-state index in [1.807, 2.05) is 0 Å². The monoisotopic (exact) mass is 263 g/mol. The van der Waals surface area contributed by atoms with E-state index in [9.17, 15) is 0 Å². The first-order valence-electron chi connectivity index (χ1n) is 3.81. The molecule has 0 radical (unpaired) electrons. The molecule has 0 amide bonds. The van der Waals surface area contributed by atoms with E-state index < -0.39 is 0 Å². The highest BCUT2D eigenvalue weighted by Crippen LogP contribution is 2.29. The van der Waals surface area contributed by atoms with E-state index in [-0.39, 0.29) is 6.29 Å². The van der Waals surface area contributed by atoms with Gasteiger partial charge in [0.25, 0.3) is 0 Å². The Morgan fingerprint density at radius 1 is 1.46 bits per heavy atom. The van der Waals surface area contributed by atoms with Crippen LogP contribution < -0.4 is 0 Å². The van der Waals surface area contributed by atoms with Crippen molar-refractivity contribution < 1.29 is 9.47 Å². The number of rotatable bonds is 1. The molecule has 0 aromatic carbocycles. The topological polar surface area (TPSA) is 31.4 Å². The Balaban J connectivity index is 2.29. The summed E-state index contributed by atoms with van der Waals surface area (Å²) in [5.74, 6) is 0. The Labute approximate surface area is 89.1 Å². The Hall–Kier alpha value is -0.160. The largest absolute Gasteiger partial charge is 0.346 e. The lowest BCUT2D eigenvalue weighted by Gasteiger charge is -2.10. The predicted octanol–water partition coefficient (Wildman–Crippen LogP) is 2.54. The van der Waals surface area contributed by atoms with Gasteiger partial charge in [0, 0.05) is 11.8 Å². The lowest BCUT2D eigenvalue weighted by molar-refractivity contribution is -0.0442. The van der Waals surface area contributed by atoms with Crippen molar-refractivity contribution in [3.63, 3.8) is 0 Å². The third-order valence-corrected chi connectivity index (χ3v) is 2.49. The van der Waals surface area contributed by atoms with Crippen LogP contribution in [-0.2, 0) is 9.47 Å². The van der Waals surface area contributed by atoms with Crippen molar-refractivity contribution in [2.45, 2.75) is 6.29 Å². The van der Waals surface area contributed by atoms with Gasteiger partial charge in [-0.3, -0.25) is 0 Å².